The fourth-order valence-corrected chi connectivity index (χ4v) is 3.96. The van der Waals surface area contributed by atoms with Crippen LogP contribution >= 0.6 is 0 Å². The Morgan fingerprint density at radius 1 is 1.14 bits per heavy atom. The smallest absolute Gasteiger partial charge is 0.247 e. The number of likely N-dealkylation sites (tertiary alicyclic amines) is 2. The quantitative estimate of drug-likeness (QED) is 0.684. The van der Waals surface area contributed by atoms with Gasteiger partial charge in [-0.2, -0.15) is 0 Å². The van der Waals surface area contributed by atoms with Crippen molar-refractivity contribution in [1.82, 2.24) is 9.80 Å². The molecular formula is C20H27N3O5. The Morgan fingerprint density at radius 2 is 1.82 bits per heavy atom. The predicted octanol–water partition coefficient (Wildman–Crippen LogP) is 0.571. The summed E-state index contributed by atoms with van der Waals surface area (Å²) in [6.07, 6.45) is 2.03. The summed E-state index contributed by atoms with van der Waals surface area (Å²) < 4.78 is 10.5. The predicted molar refractivity (Wildman–Crippen MR) is 102 cm³/mol. The Bertz CT molecular complexity index is 758. The molecule has 0 spiro atoms. The maximum absolute atomic E-state index is 12.8. The summed E-state index contributed by atoms with van der Waals surface area (Å²) in [6, 6.07) is 5.15. The van der Waals surface area contributed by atoms with E-state index in [1.54, 1.807) is 14.2 Å². The van der Waals surface area contributed by atoms with Crippen molar-refractivity contribution in [2.45, 2.75) is 31.7 Å². The van der Waals surface area contributed by atoms with Crippen molar-refractivity contribution in [2.75, 3.05) is 33.9 Å². The lowest BCUT2D eigenvalue weighted by atomic mass is 9.95. The molecule has 1 aromatic rings. The second-order valence-electron chi connectivity index (χ2n) is 7.26. The number of hydrogen-bond acceptors (Lipinski definition) is 6. The van der Waals surface area contributed by atoms with Crippen LogP contribution in [0.15, 0.2) is 18.2 Å². The third-order valence-corrected chi connectivity index (χ3v) is 5.66. The molecule has 0 aliphatic carbocycles. The molecule has 0 unspecified atom stereocenters. The van der Waals surface area contributed by atoms with E-state index in [0.29, 0.717) is 50.4 Å². The number of hydrogen-bond donors (Lipinski definition) is 1. The van der Waals surface area contributed by atoms with Gasteiger partial charge in [-0.25, -0.2) is 0 Å². The van der Waals surface area contributed by atoms with Crippen molar-refractivity contribution < 1.29 is 23.9 Å². The van der Waals surface area contributed by atoms with E-state index in [0.717, 1.165) is 5.56 Å². The highest BCUT2D eigenvalue weighted by molar-refractivity contribution is 6.05. The van der Waals surface area contributed by atoms with Gasteiger partial charge in [-0.1, -0.05) is 6.07 Å². The summed E-state index contributed by atoms with van der Waals surface area (Å²) in [5, 5.41) is 0. The number of piperidine rings is 1. The SMILES string of the molecule is COc1ccc(CCN2C(=O)C[C@@H](N3CCC(C(N)=O)CC3)C2=O)cc1OC. The molecule has 8 heteroatoms. The zero-order chi connectivity index (χ0) is 20.3. The summed E-state index contributed by atoms with van der Waals surface area (Å²) >= 11 is 0. The number of methoxy groups -OCH3 is 2. The van der Waals surface area contributed by atoms with Crippen molar-refractivity contribution in [1.29, 1.82) is 0 Å². The highest BCUT2D eigenvalue weighted by atomic mass is 16.5. The van der Waals surface area contributed by atoms with Gasteiger partial charge in [-0.05, 0) is 50.0 Å². The number of rotatable bonds is 7. The van der Waals surface area contributed by atoms with Gasteiger partial charge in [0.1, 0.15) is 0 Å². The Kier molecular flexibility index (Phi) is 6.18. The molecule has 0 saturated carbocycles. The van der Waals surface area contributed by atoms with Crippen LogP contribution in [0.4, 0.5) is 0 Å². The van der Waals surface area contributed by atoms with Crippen molar-refractivity contribution in [2.24, 2.45) is 11.7 Å². The highest BCUT2D eigenvalue weighted by Crippen LogP contribution is 2.29. The average Bonchev–Trinajstić information content (AvgIpc) is 2.99. The Labute approximate surface area is 164 Å². The van der Waals surface area contributed by atoms with Gasteiger partial charge in [0.2, 0.25) is 17.7 Å². The third-order valence-electron chi connectivity index (χ3n) is 5.66. The van der Waals surface area contributed by atoms with Crippen LogP contribution in [0.2, 0.25) is 0 Å². The molecule has 2 heterocycles. The normalized spacial score (nSPS) is 21.2. The van der Waals surface area contributed by atoms with Crippen molar-refractivity contribution in [3.05, 3.63) is 23.8 Å². The molecule has 2 N–H and O–H groups in total. The van der Waals surface area contributed by atoms with Gasteiger partial charge in [-0.15, -0.1) is 0 Å². The van der Waals surface area contributed by atoms with Crippen molar-refractivity contribution in [3.63, 3.8) is 0 Å². The zero-order valence-corrected chi connectivity index (χ0v) is 16.3. The zero-order valence-electron chi connectivity index (χ0n) is 16.3. The van der Waals surface area contributed by atoms with Crippen LogP contribution < -0.4 is 15.2 Å². The largest absolute Gasteiger partial charge is 0.493 e. The van der Waals surface area contributed by atoms with E-state index in [9.17, 15) is 14.4 Å². The fourth-order valence-electron chi connectivity index (χ4n) is 3.96. The first-order chi connectivity index (χ1) is 13.4. The monoisotopic (exact) mass is 389 g/mol. The van der Waals surface area contributed by atoms with E-state index >= 15 is 0 Å². The molecule has 3 amide bonds. The Balaban J connectivity index is 1.59. The van der Waals surface area contributed by atoms with E-state index in [1.165, 1.54) is 4.90 Å². The van der Waals surface area contributed by atoms with Gasteiger partial charge in [0, 0.05) is 12.5 Å². The summed E-state index contributed by atoms with van der Waals surface area (Å²) in [5.74, 6) is 0.540. The molecule has 2 fully saturated rings. The maximum Gasteiger partial charge on any atom is 0.247 e. The van der Waals surface area contributed by atoms with Gasteiger partial charge in [0.25, 0.3) is 0 Å². The number of amides is 3. The van der Waals surface area contributed by atoms with Crippen LogP contribution in [0.25, 0.3) is 0 Å². The first-order valence-electron chi connectivity index (χ1n) is 9.53. The van der Waals surface area contributed by atoms with E-state index in [-0.39, 0.29) is 30.1 Å². The molecular weight excluding hydrogens is 362 g/mol. The number of carbonyl (C=O) groups is 3. The van der Waals surface area contributed by atoms with Crippen molar-refractivity contribution in [3.8, 4) is 11.5 Å². The number of ether oxygens (including phenoxy) is 2. The van der Waals surface area contributed by atoms with Crippen LogP contribution in [0.1, 0.15) is 24.8 Å². The number of imide groups is 1. The number of nitrogens with zero attached hydrogens (tertiary/aromatic N) is 2. The van der Waals surface area contributed by atoms with E-state index in [1.807, 2.05) is 23.1 Å². The lowest BCUT2D eigenvalue weighted by molar-refractivity contribution is -0.139. The summed E-state index contributed by atoms with van der Waals surface area (Å²) in [6.45, 7) is 1.56. The fraction of sp³-hybridized carbons (Fsp3) is 0.550. The Hall–Kier alpha value is -2.61. The van der Waals surface area contributed by atoms with Crippen LogP contribution in [-0.4, -0.2) is 67.4 Å². The summed E-state index contributed by atoms with van der Waals surface area (Å²) in [7, 11) is 3.15. The second-order valence-corrected chi connectivity index (χ2v) is 7.26. The van der Waals surface area contributed by atoms with E-state index in [2.05, 4.69) is 0 Å². The number of carbonyl (C=O) groups excluding carboxylic acids is 3. The maximum atomic E-state index is 12.8. The molecule has 1 atom stereocenters. The van der Waals surface area contributed by atoms with Crippen LogP contribution in [-0.2, 0) is 20.8 Å². The molecule has 1 aromatic carbocycles. The van der Waals surface area contributed by atoms with Gasteiger partial charge < -0.3 is 15.2 Å². The molecule has 2 aliphatic heterocycles. The minimum atomic E-state index is -0.424. The minimum Gasteiger partial charge on any atom is -0.493 e. The second kappa shape index (κ2) is 8.60. The number of benzene rings is 1. The molecule has 2 aliphatic rings. The van der Waals surface area contributed by atoms with Gasteiger partial charge in [0.15, 0.2) is 11.5 Å². The summed E-state index contributed by atoms with van der Waals surface area (Å²) in [4.78, 5) is 39.9. The molecule has 3 rings (SSSR count). The van der Waals surface area contributed by atoms with Crippen molar-refractivity contribution >= 4 is 17.7 Å². The lowest BCUT2D eigenvalue weighted by Crippen LogP contribution is -2.47. The van der Waals surface area contributed by atoms with Gasteiger partial charge in [0.05, 0.1) is 26.7 Å². The van der Waals surface area contributed by atoms with E-state index in [4.69, 9.17) is 15.2 Å². The minimum absolute atomic E-state index is 0.135. The number of primary amides is 1. The third kappa shape index (κ3) is 4.11. The van der Waals surface area contributed by atoms with Gasteiger partial charge >= 0.3 is 0 Å². The molecule has 0 radical (unpaired) electrons. The summed E-state index contributed by atoms with van der Waals surface area (Å²) in [5.41, 5.74) is 6.33. The topological polar surface area (TPSA) is 102 Å². The first kappa shape index (κ1) is 20.1. The highest BCUT2D eigenvalue weighted by Gasteiger charge is 2.42. The van der Waals surface area contributed by atoms with Crippen LogP contribution in [0.3, 0.4) is 0 Å². The molecule has 2 saturated heterocycles. The molecule has 28 heavy (non-hydrogen) atoms. The van der Waals surface area contributed by atoms with Crippen LogP contribution in [0, 0.1) is 5.92 Å². The molecule has 152 valence electrons. The first-order valence-corrected chi connectivity index (χ1v) is 9.53. The number of nitrogens with two attached hydrogens (primary N) is 1. The molecule has 0 bridgehead atoms. The Morgan fingerprint density at radius 3 is 2.43 bits per heavy atom. The average molecular weight is 389 g/mol. The molecule has 8 nitrogen and oxygen atoms in total. The lowest BCUT2D eigenvalue weighted by Gasteiger charge is -2.33. The van der Waals surface area contributed by atoms with Crippen LogP contribution in [0.5, 0.6) is 11.5 Å². The van der Waals surface area contributed by atoms with E-state index < -0.39 is 6.04 Å². The standard InChI is InChI=1S/C20H27N3O5/c1-27-16-4-3-13(11-17(16)28-2)5-10-23-18(24)12-15(20(23)26)22-8-6-14(7-9-22)19(21)25/h3-4,11,14-15H,5-10,12H2,1-2H3,(H2,21,25)/t15-/m1/s1. The van der Waals surface area contributed by atoms with Gasteiger partial charge in [-0.3, -0.25) is 24.2 Å². The molecule has 0 aromatic heterocycles.